The quantitative estimate of drug-likeness (QED) is 0.757. The van der Waals surface area contributed by atoms with Gasteiger partial charge in [0.25, 0.3) is 17.4 Å². The molecule has 28 heavy (non-hydrogen) atoms. The number of amides is 2. The first kappa shape index (κ1) is 20.0. The summed E-state index contributed by atoms with van der Waals surface area (Å²) in [5, 5.41) is 5.07. The SMILES string of the molecule is CCn1nc(C(=O)NNC(=O)[C@H](C(C)C)N2CCCC2)c2ccccc2c1=O. The molecule has 1 saturated heterocycles. The zero-order valence-corrected chi connectivity index (χ0v) is 16.6. The first-order valence-electron chi connectivity index (χ1n) is 9.78. The van der Waals surface area contributed by atoms with Gasteiger partial charge in [0.1, 0.15) is 0 Å². The number of rotatable bonds is 5. The second-order valence-corrected chi connectivity index (χ2v) is 7.39. The Kier molecular flexibility index (Phi) is 6.08. The predicted octanol–water partition coefficient (Wildman–Crippen LogP) is 1.30. The monoisotopic (exact) mass is 385 g/mol. The maximum Gasteiger partial charge on any atom is 0.290 e. The molecule has 0 aliphatic carbocycles. The number of nitrogens with zero attached hydrogens (tertiary/aromatic N) is 3. The fourth-order valence-electron chi connectivity index (χ4n) is 3.78. The highest BCUT2D eigenvalue weighted by Crippen LogP contribution is 2.18. The third-order valence-electron chi connectivity index (χ3n) is 5.12. The Labute approximate surface area is 163 Å². The minimum atomic E-state index is -0.546. The van der Waals surface area contributed by atoms with Crippen LogP contribution in [0.5, 0.6) is 0 Å². The van der Waals surface area contributed by atoms with E-state index < -0.39 is 5.91 Å². The summed E-state index contributed by atoms with van der Waals surface area (Å²) in [6, 6.07) is 6.55. The third kappa shape index (κ3) is 3.91. The highest BCUT2D eigenvalue weighted by molar-refractivity contribution is 6.05. The number of nitrogens with one attached hydrogen (secondary N) is 2. The molecule has 1 fully saturated rings. The molecule has 150 valence electrons. The normalized spacial score (nSPS) is 15.7. The Morgan fingerprint density at radius 3 is 2.36 bits per heavy atom. The molecule has 8 nitrogen and oxygen atoms in total. The van der Waals surface area contributed by atoms with Gasteiger partial charge in [-0.2, -0.15) is 5.10 Å². The van der Waals surface area contributed by atoms with Gasteiger partial charge in [-0.05, 0) is 44.8 Å². The van der Waals surface area contributed by atoms with E-state index >= 15 is 0 Å². The van der Waals surface area contributed by atoms with Crippen LogP contribution in [0.2, 0.25) is 0 Å². The van der Waals surface area contributed by atoms with Crippen LogP contribution in [0, 0.1) is 5.92 Å². The molecule has 0 saturated carbocycles. The van der Waals surface area contributed by atoms with Gasteiger partial charge >= 0.3 is 0 Å². The van der Waals surface area contributed by atoms with Crippen molar-refractivity contribution in [3.8, 4) is 0 Å². The minimum absolute atomic E-state index is 0.111. The minimum Gasteiger partial charge on any atom is -0.292 e. The summed E-state index contributed by atoms with van der Waals surface area (Å²) in [4.78, 5) is 40.0. The molecule has 1 aromatic heterocycles. The Bertz CT molecular complexity index is 931. The van der Waals surface area contributed by atoms with Crippen LogP contribution < -0.4 is 16.4 Å². The summed E-state index contributed by atoms with van der Waals surface area (Å²) >= 11 is 0. The Morgan fingerprint density at radius 1 is 1.11 bits per heavy atom. The highest BCUT2D eigenvalue weighted by atomic mass is 16.2. The number of hydrazine groups is 1. The topological polar surface area (TPSA) is 96.3 Å². The number of hydrogen-bond acceptors (Lipinski definition) is 5. The number of carbonyl (C=O) groups excluding carboxylic acids is 2. The summed E-state index contributed by atoms with van der Waals surface area (Å²) in [7, 11) is 0. The van der Waals surface area contributed by atoms with Gasteiger partial charge in [0.2, 0.25) is 0 Å². The smallest absolute Gasteiger partial charge is 0.290 e. The molecule has 2 N–H and O–H groups in total. The number of likely N-dealkylation sites (tertiary alicyclic amines) is 1. The molecule has 8 heteroatoms. The molecular weight excluding hydrogens is 358 g/mol. The molecule has 3 rings (SSSR count). The second kappa shape index (κ2) is 8.52. The first-order chi connectivity index (χ1) is 13.4. The molecule has 2 heterocycles. The number of hydrogen-bond donors (Lipinski definition) is 2. The van der Waals surface area contributed by atoms with E-state index in [2.05, 4.69) is 20.9 Å². The van der Waals surface area contributed by atoms with Crippen molar-refractivity contribution >= 4 is 22.6 Å². The summed E-state index contributed by atoms with van der Waals surface area (Å²) in [5.41, 5.74) is 4.89. The van der Waals surface area contributed by atoms with Gasteiger partial charge in [-0.1, -0.05) is 32.0 Å². The van der Waals surface area contributed by atoms with E-state index in [1.165, 1.54) is 4.68 Å². The standard InChI is InChI=1S/C20H27N5O3/c1-4-25-20(28)15-10-6-5-9-14(15)16(23-25)18(26)21-22-19(27)17(13(2)3)24-11-7-8-12-24/h5-6,9-10,13,17H,4,7-8,11-12H2,1-3H3,(H,21,26)(H,22,27)/t17-/m0/s1. The van der Waals surface area contributed by atoms with Crippen molar-refractivity contribution in [3.05, 3.63) is 40.3 Å². The summed E-state index contributed by atoms with van der Waals surface area (Å²) in [6.07, 6.45) is 2.16. The average molecular weight is 385 g/mol. The fraction of sp³-hybridized carbons (Fsp3) is 0.500. The van der Waals surface area contributed by atoms with Crippen molar-refractivity contribution < 1.29 is 9.59 Å². The fourth-order valence-corrected chi connectivity index (χ4v) is 3.78. The molecule has 1 aliphatic heterocycles. The first-order valence-corrected chi connectivity index (χ1v) is 9.78. The highest BCUT2D eigenvalue weighted by Gasteiger charge is 2.31. The van der Waals surface area contributed by atoms with Crippen molar-refractivity contribution in [3.63, 3.8) is 0 Å². The van der Waals surface area contributed by atoms with E-state index in [9.17, 15) is 14.4 Å². The maximum atomic E-state index is 12.7. The number of fused-ring (bicyclic) bond motifs is 1. The van der Waals surface area contributed by atoms with Gasteiger partial charge in [-0.15, -0.1) is 0 Å². The summed E-state index contributed by atoms with van der Waals surface area (Å²) in [6.45, 7) is 7.90. The van der Waals surface area contributed by atoms with E-state index in [1.54, 1.807) is 31.2 Å². The van der Waals surface area contributed by atoms with Crippen molar-refractivity contribution in [2.45, 2.75) is 46.2 Å². The molecule has 0 radical (unpaired) electrons. The molecule has 1 aromatic carbocycles. The van der Waals surface area contributed by atoms with E-state index in [4.69, 9.17) is 0 Å². The Morgan fingerprint density at radius 2 is 1.75 bits per heavy atom. The Hall–Kier alpha value is -2.74. The van der Waals surface area contributed by atoms with Crippen LogP contribution in [-0.4, -0.2) is 45.6 Å². The predicted molar refractivity (Wildman–Crippen MR) is 107 cm³/mol. The molecule has 0 bridgehead atoms. The van der Waals surface area contributed by atoms with Crippen molar-refractivity contribution in [2.24, 2.45) is 5.92 Å². The third-order valence-corrected chi connectivity index (χ3v) is 5.12. The van der Waals surface area contributed by atoms with E-state index in [-0.39, 0.29) is 29.1 Å². The van der Waals surface area contributed by atoms with Crippen LogP contribution in [0.15, 0.2) is 29.1 Å². The van der Waals surface area contributed by atoms with E-state index in [0.717, 1.165) is 25.9 Å². The van der Waals surface area contributed by atoms with Crippen LogP contribution in [0.25, 0.3) is 10.8 Å². The molecule has 1 atom stereocenters. The van der Waals surface area contributed by atoms with Gasteiger partial charge in [0.05, 0.1) is 11.4 Å². The zero-order valence-electron chi connectivity index (χ0n) is 16.6. The van der Waals surface area contributed by atoms with Gasteiger partial charge in [0, 0.05) is 11.9 Å². The molecule has 2 amide bonds. The summed E-state index contributed by atoms with van der Waals surface area (Å²) in [5.74, 6) is -0.662. The van der Waals surface area contributed by atoms with Crippen LogP contribution in [0.1, 0.15) is 44.1 Å². The van der Waals surface area contributed by atoms with E-state index in [1.807, 2.05) is 13.8 Å². The van der Waals surface area contributed by atoms with Crippen molar-refractivity contribution in [2.75, 3.05) is 13.1 Å². The van der Waals surface area contributed by atoms with Crippen LogP contribution in [0.3, 0.4) is 0 Å². The number of aromatic nitrogens is 2. The number of benzene rings is 1. The van der Waals surface area contributed by atoms with Crippen molar-refractivity contribution in [1.29, 1.82) is 0 Å². The summed E-state index contributed by atoms with van der Waals surface area (Å²) < 4.78 is 1.25. The lowest BCUT2D eigenvalue weighted by atomic mass is 10.0. The largest absolute Gasteiger partial charge is 0.292 e. The van der Waals surface area contributed by atoms with Crippen molar-refractivity contribution in [1.82, 2.24) is 25.5 Å². The van der Waals surface area contributed by atoms with Crippen LogP contribution in [-0.2, 0) is 11.3 Å². The van der Waals surface area contributed by atoms with Gasteiger partial charge in [-0.25, -0.2) is 4.68 Å². The van der Waals surface area contributed by atoms with Crippen LogP contribution >= 0.6 is 0 Å². The molecular formula is C20H27N5O3. The second-order valence-electron chi connectivity index (χ2n) is 7.39. The Balaban J connectivity index is 1.80. The molecule has 0 spiro atoms. The van der Waals surface area contributed by atoms with Gasteiger partial charge < -0.3 is 0 Å². The molecule has 2 aromatic rings. The van der Waals surface area contributed by atoms with Crippen LogP contribution in [0.4, 0.5) is 0 Å². The number of aryl methyl sites for hydroxylation is 1. The molecule has 0 unspecified atom stereocenters. The average Bonchev–Trinajstić information content (AvgIpc) is 3.20. The lowest BCUT2D eigenvalue weighted by Gasteiger charge is -2.29. The van der Waals surface area contributed by atoms with E-state index in [0.29, 0.717) is 17.3 Å². The van der Waals surface area contributed by atoms with Gasteiger partial charge in [-0.3, -0.25) is 30.1 Å². The number of carbonyl (C=O) groups is 2. The lowest BCUT2D eigenvalue weighted by molar-refractivity contribution is -0.128. The maximum absolute atomic E-state index is 12.7. The zero-order chi connectivity index (χ0) is 20.3. The molecule has 1 aliphatic rings. The van der Waals surface area contributed by atoms with Gasteiger partial charge in [0.15, 0.2) is 5.69 Å². The lowest BCUT2D eigenvalue weighted by Crippen LogP contribution is -2.54.